The summed E-state index contributed by atoms with van der Waals surface area (Å²) < 4.78 is 15.7. The van der Waals surface area contributed by atoms with Gasteiger partial charge in [0.25, 0.3) is 0 Å². The van der Waals surface area contributed by atoms with Crippen molar-refractivity contribution in [1.29, 1.82) is 0 Å². The summed E-state index contributed by atoms with van der Waals surface area (Å²) in [5.41, 5.74) is 0.385. The van der Waals surface area contributed by atoms with Crippen LogP contribution in [0.2, 0.25) is 0 Å². The minimum Gasteiger partial charge on any atom is -0.355 e. The summed E-state index contributed by atoms with van der Waals surface area (Å²) in [4.78, 5) is 0. The Labute approximate surface area is 255 Å². The molecule has 0 aliphatic heterocycles. The normalized spacial score (nSPS) is 13.7. The molecular weight excluding hydrogens is 512 g/mol. The molecule has 0 atom stereocenters. The average molecular weight is 563 g/mol. The van der Waals surface area contributed by atoms with Crippen LogP contribution in [0.25, 0.3) is 0 Å². The van der Waals surface area contributed by atoms with Gasteiger partial charge in [0.2, 0.25) is 0 Å². The molecule has 0 saturated carbocycles. The highest BCUT2D eigenvalue weighted by molar-refractivity contribution is 5.52. The Morgan fingerprint density at radius 3 is 0.667 bits per heavy atom. The zero-order valence-corrected chi connectivity index (χ0v) is 27.4. The van der Waals surface area contributed by atoms with Gasteiger partial charge in [0, 0.05) is 0 Å². The first-order chi connectivity index (χ1) is 19.6. The van der Waals surface area contributed by atoms with Crippen LogP contribution in [0.3, 0.4) is 0 Å². The van der Waals surface area contributed by atoms with E-state index in [1.807, 2.05) is 0 Å². The van der Waals surface area contributed by atoms with Gasteiger partial charge < -0.3 is 9.47 Å². The molecule has 2 heteroatoms. The molecule has 0 radical (unpaired) electrons. The van der Waals surface area contributed by atoms with Crippen molar-refractivity contribution in [1.82, 2.24) is 0 Å². The summed E-state index contributed by atoms with van der Waals surface area (Å²) in [6.07, 6.45) is 0. The lowest BCUT2D eigenvalue weighted by Crippen LogP contribution is -2.62. The molecule has 0 heterocycles. The van der Waals surface area contributed by atoms with Crippen LogP contribution < -0.4 is 0 Å². The highest BCUT2D eigenvalue weighted by atomic mass is 16.6. The molecule has 0 amide bonds. The topological polar surface area (TPSA) is 18.5 Å². The van der Waals surface area contributed by atoms with Crippen LogP contribution >= 0.6 is 0 Å². The molecule has 0 spiro atoms. The SMILES string of the molecule is CC(C)(C)C(C)(C)OC(c1ccccc1)(c1ccccc1)C(OC(C)(C)C(C)(C)C)(c1ccccc1)c1ccccc1. The van der Waals surface area contributed by atoms with Crippen molar-refractivity contribution >= 4 is 0 Å². The fraction of sp³-hybridized carbons (Fsp3) is 0.400. The van der Waals surface area contributed by atoms with Crippen molar-refractivity contribution in [2.75, 3.05) is 0 Å². The summed E-state index contributed by atoms with van der Waals surface area (Å²) >= 11 is 0. The number of hydrogen-bond acceptors (Lipinski definition) is 2. The second kappa shape index (κ2) is 11.5. The molecule has 4 aromatic rings. The van der Waals surface area contributed by atoms with Gasteiger partial charge in [-0.25, -0.2) is 0 Å². The summed E-state index contributed by atoms with van der Waals surface area (Å²) in [7, 11) is 0. The van der Waals surface area contributed by atoms with E-state index in [2.05, 4.69) is 191 Å². The van der Waals surface area contributed by atoms with Gasteiger partial charge in [0.15, 0.2) is 11.2 Å². The Kier molecular flexibility index (Phi) is 8.67. The molecule has 4 aromatic carbocycles. The maximum absolute atomic E-state index is 7.87. The van der Waals surface area contributed by atoms with E-state index in [1.54, 1.807) is 0 Å². The smallest absolute Gasteiger partial charge is 0.156 e. The molecule has 4 rings (SSSR count). The van der Waals surface area contributed by atoms with Crippen LogP contribution in [0, 0.1) is 10.8 Å². The summed E-state index contributed by atoms with van der Waals surface area (Å²) in [6.45, 7) is 22.3. The van der Waals surface area contributed by atoms with E-state index in [-0.39, 0.29) is 10.8 Å². The summed E-state index contributed by atoms with van der Waals surface area (Å²) in [5, 5.41) is 0. The van der Waals surface area contributed by atoms with Gasteiger partial charge in [-0.05, 0) is 60.8 Å². The lowest BCUT2D eigenvalue weighted by atomic mass is 9.64. The fourth-order valence-electron chi connectivity index (χ4n) is 5.29. The molecule has 0 bridgehead atoms. The van der Waals surface area contributed by atoms with Crippen LogP contribution in [0.1, 0.15) is 91.5 Å². The second-order valence-electron chi connectivity index (χ2n) is 14.6. The Morgan fingerprint density at radius 1 is 0.310 bits per heavy atom. The Bertz CT molecular complexity index is 1220. The van der Waals surface area contributed by atoms with Crippen LogP contribution in [0.15, 0.2) is 121 Å². The summed E-state index contributed by atoms with van der Waals surface area (Å²) in [5.74, 6) is 0. The first-order valence-electron chi connectivity index (χ1n) is 15.2. The highest BCUT2D eigenvalue weighted by Gasteiger charge is 2.63. The van der Waals surface area contributed by atoms with Gasteiger partial charge in [-0.2, -0.15) is 0 Å². The average Bonchev–Trinajstić information content (AvgIpc) is 2.95. The molecule has 0 saturated heterocycles. The van der Waals surface area contributed by atoms with Crippen molar-refractivity contribution in [3.8, 4) is 0 Å². The zero-order valence-electron chi connectivity index (χ0n) is 27.4. The maximum Gasteiger partial charge on any atom is 0.156 e. The molecule has 42 heavy (non-hydrogen) atoms. The third-order valence-corrected chi connectivity index (χ3v) is 9.65. The van der Waals surface area contributed by atoms with E-state index < -0.39 is 22.4 Å². The number of ether oxygens (including phenoxy) is 2. The van der Waals surface area contributed by atoms with Crippen molar-refractivity contribution in [3.63, 3.8) is 0 Å². The first-order valence-corrected chi connectivity index (χ1v) is 15.2. The molecule has 0 aromatic heterocycles. The largest absolute Gasteiger partial charge is 0.355 e. The van der Waals surface area contributed by atoms with E-state index in [0.29, 0.717) is 0 Å². The quantitative estimate of drug-likeness (QED) is 0.202. The molecule has 222 valence electrons. The Morgan fingerprint density at radius 2 is 0.500 bits per heavy atom. The van der Waals surface area contributed by atoms with Crippen LogP contribution in [0.5, 0.6) is 0 Å². The number of benzene rings is 4. The zero-order chi connectivity index (χ0) is 30.9. The molecule has 0 unspecified atom stereocenters. The van der Waals surface area contributed by atoms with Crippen molar-refractivity contribution in [3.05, 3.63) is 144 Å². The lowest BCUT2D eigenvalue weighted by Gasteiger charge is -2.59. The number of rotatable bonds is 9. The van der Waals surface area contributed by atoms with Gasteiger partial charge in [-0.3, -0.25) is 0 Å². The predicted molar refractivity (Wildman–Crippen MR) is 177 cm³/mol. The summed E-state index contributed by atoms with van der Waals surface area (Å²) in [6, 6.07) is 42.7. The van der Waals surface area contributed by atoms with E-state index in [4.69, 9.17) is 9.47 Å². The minimum atomic E-state index is -1.10. The van der Waals surface area contributed by atoms with Crippen LogP contribution in [-0.2, 0) is 20.7 Å². The molecular formula is C40H50O2. The number of hydrogen-bond donors (Lipinski definition) is 0. The second-order valence-corrected chi connectivity index (χ2v) is 14.6. The van der Waals surface area contributed by atoms with Gasteiger partial charge in [-0.1, -0.05) is 163 Å². The van der Waals surface area contributed by atoms with E-state index in [9.17, 15) is 0 Å². The Balaban J connectivity index is 2.33. The van der Waals surface area contributed by atoms with Crippen molar-refractivity contribution in [2.24, 2.45) is 10.8 Å². The van der Waals surface area contributed by atoms with E-state index >= 15 is 0 Å². The van der Waals surface area contributed by atoms with Gasteiger partial charge in [0.1, 0.15) is 0 Å². The third-order valence-electron chi connectivity index (χ3n) is 9.65. The van der Waals surface area contributed by atoms with Crippen molar-refractivity contribution in [2.45, 2.75) is 91.6 Å². The predicted octanol–water partition coefficient (Wildman–Crippen LogP) is 10.6. The van der Waals surface area contributed by atoms with Crippen LogP contribution in [0.4, 0.5) is 0 Å². The third kappa shape index (κ3) is 5.60. The standard InChI is InChI=1S/C40H50O2/c1-35(2,3)37(7,8)41-39(31-23-15-11-16-24-31,32-25-17-12-18-26-32)40(33-27-19-13-20-28-33,34-29-21-14-22-30-34)42-38(9,10)36(4,5)6/h11-30H,1-10H3. The van der Waals surface area contributed by atoms with Gasteiger partial charge >= 0.3 is 0 Å². The van der Waals surface area contributed by atoms with E-state index in [1.165, 1.54) is 0 Å². The van der Waals surface area contributed by atoms with E-state index in [0.717, 1.165) is 22.3 Å². The highest BCUT2D eigenvalue weighted by Crippen LogP contribution is 2.59. The Hall–Kier alpha value is -3.20. The molecule has 0 aliphatic rings. The fourth-order valence-corrected chi connectivity index (χ4v) is 5.29. The monoisotopic (exact) mass is 562 g/mol. The lowest BCUT2D eigenvalue weighted by molar-refractivity contribution is -0.287. The minimum absolute atomic E-state index is 0.194. The van der Waals surface area contributed by atoms with Gasteiger partial charge in [0.05, 0.1) is 11.2 Å². The molecule has 2 nitrogen and oxygen atoms in total. The molecule has 0 N–H and O–H groups in total. The van der Waals surface area contributed by atoms with Crippen molar-refractivity contribution < 1.29 is 9.47 Å². The van der Waals surface area contributed by atoms with Crippen LogP contribution in [-0.4, -0.2) is 11.2 Å². The molecule has 0 fully saturated rings. The molecule has 0 aliphatic carbocycles. The van der Waals surface area contributed by atoms with Gasteiger partial charge in [-0.15, -0.1) is 0 Å². The maximum atomic E-state index is 7.87. The first kappa shape index (κ1) is 31.7.